The number of hydrogen-bond acceptors (Lipinski definition) is 5. The molecule has 1 aliphatic rings. The molecule has 2 amide bonds. The predicted octanol–water partition coefficient (Wildman–Crippen LogP) is 7.15. The van der Waals surface area contributed by atoms with Crippen molar-refractivity contribution in [3.8, 4) is 17.1 Å². The average Bonchev–Trinajstić information content (AvgIpc) is 3.30. The number of ether oxygens (including phenoxy) is 1. The number of nitrogens with zero attached hydrogens (tertiary/aromatic N) is 1. The van der Waals surface area contributed by atoms with Gasteiger partial charge < -0.3 is 9.15 Å². The van der Waals surface area contributed by atoms with E-state index in [4.69, 9.17) is 44.0 Å². The minimum Gasteiger partial charge on any atom is -0.496 e. The fraction of sp³-hybridized carbons (Fsp3) is 0.0909. The molecular weight excluding hydrogens is 481 g/mol. The Labute approximate surface area is 197 Å². The maximum absolute atomic E-state index is 12.8. The van der Waals surface area contributed by atoms with Crippen molar-refractivity contribution in [2.75, 3.05) is 7.11 Å². The summed E-state index contributed by atoms with van der Waals surface area (Å²) in [6.45, 7) is 0.0567. The Morgan fingerprint density at radius 1 is 1.03 bits per heavy atom. The van der Waals surface area contributed by atoms with Gasteiger partial charge in [-0.2, -0.15) is 0 Å². The van der Waals surface area contributed by atoms with Gasteiger partial charge in [0.05, 0.1) is 24.1 Å². The summed E-state index contributed by atoms with van der Waals surface area (Å²) in [6, 6.07) is 13.6. The molecule has 1 fully saturated rings. The zero-order valence-corrected chi connectivity index (χ0v) is 19.1. The van der Waals surface area contributed by atoms with E-state index in [9.17, 15) is 9.59 Å². The molecule has 9 heteroatoms. The number of hydrogen-bond donors (Lipinski definition) is 0. The van der Waals surface area contributed by atoms with Crippen LogP contribution < -0.4 is 4.74 Å². The lowest BCUT2D eigenvalue weighted by Crippen LogP contribution is -2.27. The second-order valence-corrected chi connectivity index (χ2v) is 8.82. The highest BCUT2D eigenvalue weighted by Gasteiger charge is 2.35. The zero-order chi connectivity index (χ0) is 22.1. The molecule has 0 spiro atoms. The minimum absolute atomic E-state index is 0.0567. The van der Waals surface area contributed by atoms with Crippen molar-refractivity contribution in [2.45, 2.75) is 6.54 Å². The number of methoxy groups -OCH3 is 1. The molecule has 158 valence electrons. The number of amides is 2. The number of carbonyl (C=O) groups is 2. The summed E-state index contributed by atoms with van der Waals surface area (Å²) in [5.74, 6) is 1.13. The molecule has 3 aromatic rings. The van der Waals surface area contributed by atoms with Gasteiger partial charge in [-0.25, -0.2) is 0 Å². The smallest absolute Gasteiger partial charge is 0.293 e. The van der Waals surface area contributed by atoms with E-state index in [1.54, 1.807) is 55.6 Å². The normalized spacial score (nSPS) is 15.2. The molecular formula is C22H14Cl3NO4S. The summed E-state index contributed by atoms with van der Waals surface area (Å²) in [6.07, 6.45) is 1.54. The van der Waals surface area contributed by atoms with Crippen LogP contribution in [0.2, 0.25) is 15.1 Å². The lowest BCUT2D eigenvalue weighted by molar-refractivity contribution is -0.123. The summed E-state index contributed by atoms with van der Waals surface area (Å²) in [5.41, 5.74) is 1.31. The minimum atomic E-state index is -0.417. The third-order valence-corrected chi connectivity index (χ3v) is 6.27. The Morgan fingerprint density at radius 2 is 1.77 bits per heavy atom. The van der Waals surface area contributed by atoms with Gasteiger partial charge >= 0.3 is 0 Å². The first-order valence-electron chi connectivity index (χ1n) is 8.99. The third-order valence-electron chi connectivity index (χ3n) is 4.54. The molecule has 1 aliphatic heterocycles. The Hall–Kier alpha value is -2.38. The summed E-state index contributed by atoms with van der Waals surface area (Å²) in [7, 11) is 1.56. The van der Waals surface area contributed by atoms with Crippen LogP contribution >= 0.6 is 46.6 Å². The molecule has 0 atom stereocenters. The number of furan rings is 1. The van der Waals surface area contributed by atoms with E-state index in [-0.39, 0.29) is 16.7 Å². The van der Waals surface area contributed by atoms with E-state index < -0.39 is 5.91 Å². The first-order valence-corrected chi connectivity index (χ1v) is 10.9. The lowest BCUT2D eigenvalue weighted by atomic mass is 10.1. The van der Waals surface area contributed by atoms with E-state index in [0.717, 1.165) is 16.7 Å². The number of carbonyl (C=O) groups excluding carboxylic acids is 2. The molecule has 2 aromatic carbocycles. The molecule has 5 nitrogen and oxygen atoms in total. The van der Waals surface area contributed by atoms with Gasteiger partial charge in [-0.05, 0) is 59.8 Å². The van der Waals surface area contributed by atoms with Crippen LogP contribution in [0.25, 0.3) is 17.4 Å². The first-order chi connectivity index (χ1) is 14.9. The molecule has 0 unspecified atom stereocenters. The van der Waals surface area contributed by atoms with Crippen LogP contribution in [0.4, 0.5) is 4.79 Å². The topological polar surface area (TPSA) is 59.8 Å². The van der Waals surface area contributed by atoms with Crippen molar-refractivity contribution >= 4 is 63.8 Å². The van der Waals surface area contributed by atoms with Crippen LogP contribution in [0.5, 0.6) is 5.75 Å². The fourth-order valence-electron chi connectivity index (χ4n) is 3.03. The maximum Gasteiger partial charge on any atom is 0.293 e. The van der Waals surface area contributed by atoms with Gasteiger partial charge in [-0.3, -0.25) is 14.5 Å². The molecule has 4 rings (SSSR count). The van der Waals surface area contributed by atoms with Crippen molar-refractivity contribution in [1.29, 1.82) is 0 Å². The van der Waals surface area contributed by atoms with Crippen molar-refractivity contribution in [3.05, 3.63) is 79.8 Å². The number of benzene rings is 2. The Bertz CT molecular complexity index is 1220. The predicted molar refractivity (Wildman–Crippen MR) is 124 cm³/mol. The second kappa shape index (κ2) is 9.01. The van der Waals surface area contributed by atoms with Gasteiger partial charge in [0.2, 0.25) is 0 Å². The molecule has 0 aliphatic carbocycles. The van der Waals surface area contributed by atoms with Gasteiger partial charge in [0, 0.05) is 21.1 Å². The van der Waals surface area contributed by atoms with E-state index in [1.165, 1.54) is 6.08 Å². The first kappa shape index (κ1) is 21.8. The van der Waals surface area contributed by atoms with Crippen molar-refractivity contribution in [2.24, 2.45) is 0 Å². The molecule has 2 heterocycles. The molecule has 0 saturated carbocycles. The molecule has 0 radical (unpaired) electrons. The molecule has 31 heavy (non-hydrogen) atoms. The van der Waals surface area contributed by atoms with Gasteiger partial charge in [0.15, 0.2) is 0 Å². The van der Waals surface area contributed by atoms with Gasteiger partial charge in [0.1, 0.15) is 17.3 Å². The fourth-order valence-corrected chi connectivity index (χ4v) is 4.49. The highest BCUT2D eigenvalue weighted by atomic mass is 35.5. The van der Waals surface area contributed by atoms with E-state index in [0.29, 0.717) is 43.5 Å². The molecule has 0 bridgehead atoms. The quantitative estimate of drug-likeness (QED) is 0.352. The number of rotatable bonds is 5. The van der Waals surface area contributed by atoms with Crippen LogP contribution in [0.15, 0.2) is 57.9 Å². The van der Waals surface area contributed by atoms with E-state index in [1.807, 2.05) is 0 Å². The molecule has 1 aromatic heterocycles. The second-order valence-electron chi connectivity index (χ2n) is 6.55. The Kier molecular flexibility index (Phi) is 6.34. The van der Waals surface area contributed by atoms with Crippen LogP contribution in [0, 0.1) is 0 Å². The highest BCUT2D eigenvalue weighted by Crippen LogP contribution is 2.37. The Morgan fingerprint density at radius 3 is 2.52 bits per heavy atom. The SMILES string of the molecule is COc1ccc(Cl)cc1-c1ccc(/C=C2/SC(=O)N(Cc3ccc(Cl)cc3Cl)C2=O)o1. The van der Waals surface area contributed by atoms with E-state index in [2.05, 4.69) is 0 Å². The average molecular weight is 495 g/mol. The summed E-state index contributed by atoms with van der Waals surface area (Å²) >= 11 is 19.0. The number of halogens is 3. The highest BCUT2D eigenvalue weighted by molar-refractivity contribution is 8.18. The standard InChI is InChI=1S/C22H14Cl3NO4S/c1-29-18-6-4-13(23)8-16(18)19-7-5-15(30-19)10-20-21(27)26(22(28)31-20)11-12-2-3-14(24)9-17(12)25/h2-10H,11H2,1H3/b20-10+. The van der Waals surface area contributed by atoms with Crippen molar-refractivity contribution in [3.63, 3.8) is 0 Å². The van der Waals surface area contributed by atoms with Crippen LogP contribution in [0.1, 0.15) is 11.3 Å². The Balaban J connectivity index is 1.57. The zero-order valence-electron chi connectivity index (χ0n) is 16.0. The summed E-state index contributed by atoms with van der Waals surface area (Å²) in [4.78, 5) is 26.6. The van der Waals surface area contributed by atoms with Crippen molar-refractivity contribution < 1.29 is 18.7 Å². The monoisotopic (exact) mass is 493 g/mol. The number of imide groups is 1. The lowest BCUT2D eigenvalue weighted by Gasteiger charge is -2.13. The van der Waals surface area contributed by atoms with Crippen LogP contribution in [0.3, 0.4) is 0 Å². The summed E-state index contributed by atoms with van der Waals surface area (Å²) < 4.78 is 11.2. The molecule has 0 N–H and O–H groups in total. The number of thioether (sulfide) groups is 1. The largest absolute Gasteiger partial charge is 0.496 e. The van der Waals surface area contributed by atoms with Gasteiger partial charge in [-0.1, -0.05) is 40.9 Å². The third kappa shape index (κ3) is 4.62. The van der Waals surface area contributed by atoms with Crippen LogP contribution in [-0.2, 0) is 11.3 Å². The summed E-state index contributed by atoms with van der Waals surface area (Å²) in [5, 5.41) is 1.02. The maximum atomic E-state index is 12.8. The van der Waals surface area contributed by atoms with Gasteiger partial charge in [0.25, 0.3) is 11.1 Å². The van der Waals surface area contributed by atoms with Crippen LogP contribution in [-0.4, -0.2) is 23.2 Å². The van der Waals surface area contributed by atoms with Crippen molar-refractivity contribution in [1.82, 2.24) is 4.90 Å². The van der Waals surface area contributed by atoms with E-state index >= 15 is 0 Å². The molecule has 1 saturated heterocycles. The van der Waals surface area contributed by atoms with Gasteiger partial charge in [-0.15, -0.1) is 0 Å².